The zero-order valence-electron chi connectivity index (χ0n) is 10.9. The van der Waals surface area contributed by atoms with Crippen LogP contribution in [0.2, 0.25) is 0 Å². The summed E-state index contributed by atoms with van der Waals surface area (Å²) in [7, 11) is 3.70. The van der Waals surface area contributed by atoms with E-state index < -0.39 is 0 Å². The van der Waals surface area contributed by atoms with Crippen molar-refractivity contribution in [2.75, 3.05) is 31.3 Å². The monoisotopic (exact) mass is 272 g/mol. The van der Waals surface area contributed by atoms with Gasteiger partial charge in [0.25, 0.3) is 5.91 Å². The van der Waals surface area contributed by atoms with Crippen LogP contribution >= 0.6 is 11.3 Å². The molecular formula is C11H20N4O2S. The van der Waals surface area contributed by atoms with Gasteiger partial charge in [-0.1, -0.05) is 18.3 Å². The van der Waals surface area contributed by atoms with E-state index >= 15 is 0 Å². The summed E-state index contributed by atoms with van der Waals surface area (Å²) in [6.07, 6.45) is 1.31. The molecule has 1 unspecified atom stereocenters. The Morgan fingerprint density at radius 1 is 1.61 bits per heavy atom. The third kappa shape index (κ3) is 3.58. The number of anilines is 2. The van der Waals surface area contributed by atoms with Gasteiger partial charge >= 0.3 is 0 Å². The predicted octanol–water partition coefficient (Wildman–Crippen LogP) is 0.682. The van der Waals surface area contributed by atoms with Gasteiger partial charge < -0.3 is 21.1 Å². The van der Waals surface area contributed by atoms with Crippen LogP contribution in [0.3, 0.4) is 0 Å². The normalized spacial score (nSPS) is 12.2. The van der Waals surface area contributed by atoms with Crippen LogP contribution in [0.15, 0.2) is 0 Å². The molecule has 0 fully saturated rings. The molecule has 6 nitrogen and oxygen atoms in total. The van der Waals surface area contributed by atoms with E-state index in [0.29, 0.717) is 16.4 Å². The summed E-state index contributed by atoms with van der Waals surface area (Å²) in [6, 6.07) is -0.0354. The van der Waals surface area contributed by atoms with Crippen LogP contribution in [0.5, 0.6) is 0 Å². The molecule has 0 aromatic carbocycles. The fourth-order valence-corrected chi connectivity index (χ4v) is 2.27. The van der Waals surface area contributed by atoms with Gasteiger partial charge in [-0.05, 0) is 12.8 Å². The second-order valence-electron chi connectivity index (χ2n) is 4.20. The number of nitrogens with zero attached hydrogens (tertiary/aromatic N) is 2. The number of hydrogen-bond acceptors (Lipinski definition) is 6. The Balaban J connectivity index is 2.77. The number of aliphatic hydroxyl groups excluding tert-OH is 1. The first-order valence-electron chi connectivity index (χ1n) is 5.84. The van der Waals surface area contributed by atoms with Gasteiger partial charge in [0.15, 0.2) is 5.13 Å². The fraction of sp³-hybridized carbons (Fsp3) is 0.636. The zero-order valence-corrected chi connectivity index (χ0v) is 11.8. The van der Waals surface area contributed by atoms with Crippen LogP contribution in [0.25, 0.3) is 0 Å². The van der Waals surface area contributed by atoms with E-state index in [1.807, 2.05) is 25.9 Å². The van der Waals surface area contributed by atoms with E-state index in [4.69, 9.17) is 10.8 Å². The number of nitrogens with one attached hydrogen (secondary N) is 1. The van der Waals surface area contributed by atoms with Crippen molar-refractivity contribution in [3.8, 4) is 0 Å². The van der Waals surface area contributed by atoms with Gasteiger partial charge in [-0.2, -0.15) is 0 Å². The Kier molecular flexibility index (Phi) is 5.36. The first-order chi connectivity index (χ1) is 8.49. The molecule has 1 aromatic heterocycles. The smallest absolute Gasteiger partial charge is 0.265 e. The lowest BCUT2D eigenvalue weighted by molar-refractivity contribution is 0.0934. The topological polar surface area (TPSA) is 91.5 Å². The molecular weight excluding hydrogens is 252 g/mol. The minimum atomic E-state index is -0.224. The summed E-state index contributed by atoms with van der Waals surface area (Å²) in [5, 5.41) is 12.4. The minimum absolute atomic E-state index is 0.0354. The van der Waals surface area contributed by atoms with Crippen LogP contribution in [0.4, 0.5) is 10.9 Å². The van der Waals surface area contributed by atoms with Gasteiger partial charge in [-0.25, -0.2) is 4.98 Å². The van der Waals surface area contributed by atoms with E-state index in [1.165, 1.54) is 11.3 Å². The first-order valence-corrected chi connectivity index (χ1v) is 6.66. The third-order valence-corrected chi connectivity index (χ3v) is 3.77. The SMILES string of the molecule is CCC(CCO)NC(=O)c1sc(N(C)C)nc1N. The molecule has 1 heterocycles. The lowest BCUT2D eigenvalue weighted by Gasteiger charge is -2.14. The molecule has 0 aliphatic rings. The van der Waals surface area contributed by atoms with Crippen molar-refractivity contribution in [3.05, 3.63) is 4.88 Å². The van der Waals surface area contributed by atoms with Crippen molar-refractivity contribution in [2.45, 2.75) is 25.8 Å². The van der Waals surface area contributed by atoms with E-state index in [-0.39, 0.29) is 24.4 Å². The zero-order chi connectivity index (χ0) is 13.7. The van der Waals surface area contributed by atoms with Crippen LogP contribution in [-0.2, 0) is 0 Å². The van der Waals surface area contributed by atoms with Crippen molar-refractivity contribution in [1.82, 2.24) is 10.3 Å². The van der Waals surface area contributed by atoms with Gasteiger partial charge in [0.2, 0.25) is 0 Å². The summed E-state index contributed by atoms with van der Waals surface area (Å²) in [6.45, 7) is 2.02. The third-order valence-electron chi connectivity index (χ3n) is 2.54. The maximum Gasteiger partial charge on any atom is 0.265 e. The summed E-state index contributed by atoms with van der Waals surface area (Å²) in [4.78, 5) is 18.4. The quantitative estimate of drug-likeness (QED) is 0.708. The molecule has 0 saturated heterocycles. The number of nitrogen functional groups attached to an aromatic ring is 1. The molecule has 0 aliphatic carbocycles. The molecule has 1 rings (SSSR count). The maximum atomic E-state index is 12.0. The number of aromatic nitrogens is 1. The summed E-state index contributed by atoms with van der Waals surface area (Å²) >= 11 is 1.26. The Morgan fingerprint density at radius 3 is 2.72 bits per heavy atom. The van der Waals surface area contributed by atoms with Crippen LogP contribution in [-0.4, -0.2) is 42.7 Å². The number of hydrogen-bond donors (Lipinski definition) is 3. The lowest BCUT2D eigenvalue weighted by atomic mass is 10.1. The molecule has 1 atom stereocenters. The first kappa shape index (κ1) is 14.7. The number of carbonyl (C=O) groups is 1. The second-order valence-corrected chi connectivity index (χ2v) is 5.17. The van der Waals surface area contributed by atoms with Crippen molar-refractivity contribution in [2.24, 2.45) is 0 Å². The highest BCUT2D eigenvalue weighted by molar-refractivity contribution is 7.18. The van der Waals surface area contributed by atoms with Crippen LogP contribution < -0.4 is 16.0 Å². The number of thiazole rings is 1. The van der Waals surface area contributed by atoms with Crippen molar-refractivity contribution in [3.63, 3.8) is 0 Å². The van der Waals surface area contributed by atoms with Gasteiger partial charge in [-0.3, -0.25) is 4.79 Å². The summed E-state index contributed by atoms with van der Waals surface area (Å²) in [5.41, 5.74) is 5.73. The van der Waals surface area contributed by atoms with Gasteiger partial charge in [0, 0.05) is 26.7 Å². The van der Waals surface area contributed by atoms with Crippen molar-refractivity contribution in [1.29, 1.82) is 0 Å². The molecule has 18 heavy (non-hydrogen) atoms. The van der Waals surface area contributed by atoms with E-state index in [1.54, 1.807) is 0 Å². The number of nitrogens with two attached hydrogens (primary N) is 1. The molecule has 0 saturated carbocycles. The van der Waals surface area contributed by atoms with Crippen LogP contribution in [0.1, 0.15) is 29.4 Å². The van der Waals surface area contributed by atoms with Crippen molar-refractivity contribution < 1.29 is 9.90 Å². The highest BCUT2D eigenvalue weighted by atomic mass is 32.1. The van der Waals surface area contributed by atoms with E-state index in [9.17, 15) is 4.79 Å². The van der Waals surface area contributed by atoms with Gasteiger partial charge in [0.1, 0.15) is 10.7 Å². The fourth-order valence-electron chi connectivity index (χ4n) is 1.46. The Bertz CT molecular complexity index is 406. The largest absolute Gasteiger partial charge is 0.396 e. The second kappa shape index (κ2) is 6.55. The Morgan fingerprint density at radius 2 is 2.28 bits per heavy atom. The minimum Gasteiger partial charge on any atom is -0.396 e. The molecule has 1 aromatic rings. The Labute approximate surface area is 111 Å². The predicted molar refractivity (Wildman–Crippen MR) is 74.1 cm³/mol. The average Bonchev–Trinajstić information content (AvgIpc) is 2.71. The number of rotatable bonds is 6. The average molecular weight is 272 g/mol. The molecule has 102 valence electrons. The molecule has 4 N–H and O–H groups in total. The standard InChI is InChI=1S/C11H20N4O2S/c1-4-7(5-6-16)13-10(17)8-9(12)14-11(18-8)15(2)3/h7,16H,4-6,12H2,1-3H3,(H,13,17). The summed E-state index contributed by atoms with van der Waals surface area (Å²) < 4.78 is 0. The van der Waals surface area contributed by atoms with E-state index in [2.05, 4.69) is 10.3 Å². The molecule has 0 aliphatic heterocycles. The van der Waals surface area contributed by atoms with Crippen LogP contribution in [0, 0.1) is 0 Å². The number of amides is 1. The lowest BCUT2D eigenvalue weighted by Crippen LogP contribution is -2.34. The molecule has 7 heteroatoms. The van der Waals surface area contributed by atoms with Gasteiger partial charge in [-0.15, -0.1) is 0 Å². The van der Waals surface area contributed by atoms with Gasteiger partial charge in [0.05, 0.1) is 0 Å². The molecule has 1 amide bonds. The highest BCUT2D eigenvalue weighted by Crippen LogP contribution is 2.26. The molecule has 0 radical (unpaired) electrons. The number of aliphatic hydroxyl groups is 1. The van der Waals surface area contributed by atoms with Crippen molar-refractivity contribution >= 4 is 28.2 Å². The maximum absolute atomic E-state index is 12.0. The number of carbonyl (C=O) groups excluding carboxylic acids is 1. The highest BCUT2D eigenvalue weighted by Gasteiger charge is 2.19. The van der Waals surface area contributed by atoms with E-state index in [0.717, 1.165) is 6.42 Å². The molecule has 0 bridgehead atoms. The molecule has 0 spiro atoms. The Hall–Kier alpha value is -1.34. The summed E-state index contributed by atoms with van der Waals surface area (Å²) in [5.74, 6) is 0.0263.